The van der Waals surface area contributed by atoms with Crippen molar-refractivity contribution < 1.29 is 9.53 Å². The zero-order chi connectivity index (χ0) is 14.5. The van der Waals surface area contributed by atoms with Gasteiger partial charge in [0.15, 0.2) is 0 Å². The summed E-state index contributed by atoms with van der Waals surface area (Å²) in [5.41, 5.74) is 1.04. The molecule has 2 fully saturated rings. The molecule has 0 aliphatic carbocycles. The number of carbonyl (C=O) groups excluding carboxylic acids is 1. The molecule has 21 heavy (non-hydrogen) atoms. The molecule has 1 amide bonds. The molecule has 3 rings (SSSR count). The molecule has 1 aromatic rings. The number of benzene rings is 1. The Bertz CT molecular complexity index is 451. The molecule has 0 radical (unpaired) electrons. The Kier molecular flexibility index (Phi) is 4.76. The lowest BCUT2D eigenvalue weighted by Crippen LogP contribution is -2.45. The summed E-state index contributed by atoms with van der Waals surface area (Å²) in [6.07, 6.45) is 3.40. The van der Waals surface area contributed by atoms with Crippen molar-refractivity contribution in [3.8, 4) is 0 Å². The van der Waals surface area contributed by atoms with Crippen LogP contribution < -0.4 is 0 Å². The second-order valence-electron chi connectivity index (χ2n) is 6.12. The third-order valence-corrected chi connectivity index (χ3v) is 4.54. The lowest BCUT2D eigenvalue weighted by atomic mass is 9.95. The first-order chi connectivity index (χ1) is 10.3. The first kappa shape index (κ1) is 14.4. The summed E-state index contributed by atoms with van der Waals surface area (Å²) in [6.45, 7) is 5.79. The zero-order valence-electron chi connectivity index (χ0n) is 12.5. The Hall–Kier alpha value is -1.55. The number of nitrogens with zero attached hydrogens (tertiary/aromatic N) is 2. The number of likely N-dealkylation sites (tertiary alicyclic amines) is 2. The van der Waals surface area contributed by atoms with Crippen LogP contribution in [-0.2, 0) is 11.3 Å². The molecule has 1 aromatic carbocycles. The van der Waals surface area contributed by atoms with Crippen molar-refractivity contribution in [2.45, 2.75) is 25.9 Å². The highest BCUT2D eigenvalue weighted by molar-refractivity contribution is 5.67. The van der Waals surface area contributed by atoms with Crippen LogP contribution in [0.3, 0.4) is 0 Å². The Balaban J connectivity index is 1.38. The largest absolute Gasteiger partial charge is 0.445 e. The van der Waals surface area contributed by atoms with Crippen LogP contribution in [0.15, 0.2) is 30.3 Å². The highest BCUT2D eigenvalue weighted by Crippen LogP contribution is 2.21. The summed E-state index contributed by atoms with van der Waals surface area (Å²) in [7, 11) is 0. The number of hydrogen-bond donors (Lipinski definition) is 0. The van der Waals surface area contributed by atoms with Crippen molar-refractivity contribution in [3.05, 3.63) is 35.9 Å². The molecule has 0 N–H and O–H groups in total. The van der Waals surface area contributed by atoms with Gasteiger partial charge in [-0.2, -0.15) is 0 Å². The molecule has 0 unspecified atom stereocenters. The van der Waals surface area contributed by atoms with Gasteiger partial charge in [0.1, 0.15) is 6.61 Å². The van der Waals surface area contributed by atoms with E-state index in [0.29, 0.717) is 6.61 Å². The summed E-state index contributed by atoms with van der Waals surface area (Å²) >= 11 is 0. The maximum atomic E-state index is 12.1. The lowest BCUT2D eigenvalue weighted by molar-refractivity contribution is 0.0712. The van der Waals surface area contributed by atoms with Gasteiger partial charge in [-0.05, 0) is 43.8 Å². The second-order valence-corrected chi connectivity index (χ2v) is 6.12. The maximum absolute atomic E-state index is 12.1. The standard InChI is InChI=1S/C17H24N2O2/c20-17(21-14-16-5-2-1-3-6-16)19-11-7-15(8-12-19)13-18-9-4-10-18/h1-3,5-6,15H,4,7-14H2. The van der Waals surface area contributed by atoms with Gasteiger partial charge < -0.3 is 14.5 Å². The molecule has 0 saturated carbocycles. The van der Waals surface area contributed by atoms with Gasteiger partial charge in [-0.3, -0.25) is 0 Å². The topological polar surface area (TPSA) is 32.8 Å². The molecular weight excluding hydrogens is 264 g/mol. The van der Waals surface area contributed by atoms with Crippen molar-refractivity contribution in [2.24, 2.45) is 5.92 Å². The van der Waals surface area contributed by atoms with Crippen molar-refractivity contribution in [2.75, 3.05) is 32.7 Å². The predicted molar refractivity (Wildman–Crippen MR) is 82.0 cm³/mol. The van der Waals surface area contributed by atoms with Crippen molar-refractivity contribution in [1.29, 1.82) is 0 Å². The van der Waals surface area contributed by atoms with Gasteiger partial charge in [-0.1, -0.05) is 30.3 Å². The minimum Gasteiger partial charge on any atom is -0.445 e. The molecule has 2 heterocycles. The number of rotatable bonds is 4. The van der Waals surface area contributed by atoms with Crippen molar-refractivity contribution >= 4 is 6.09 Å². The number of ether oxygens (including phenoxy) is 1. The number of piperidine rings is 1. The molecule has 0 bridgehead atoms. The molecule has 4 nitrogen and oxygen atoms in total. The quantitative estimate of drug-likeness (QED) is 0.854. The lowest BCUT2D eigenvalue weighted by Gasteiger charge is -2.37. The SMILES string of the molecule is O=C(OCc1ccccc1)N1CCC(CN2CCC2)CC1. The summed E-state index contributed by atoms with van der Waals surface area (Å²) in [6, 6.07) is 9.85. The molecule has 2 aliphatic rings. The van der Waals surface area contributed by atoms with E-state index in [1.54, 1.807) is 0 Å². The highest BCUT2D eigenvalue weighted by atomic mass is 16.6. The Labute approximate surface area is 126 Å². The van der Waals surface area contributed by atoms with E-state index in [1.807, 2.05) is 35.2 Å². The molecule has 0 atom stereocenters. The van der Waals surface area contributed by atoms with Gasteiger partial charge in [0.2, 0.25) is 0 Å². The normalized spacial score (nSPS) is 20.1. The fourth-order valence-electron chi connectivity index (χ4n) is 3.04. The third kappa shape index (κ3) is 3.97. The van der Waals surface area contributed by atoms with Crippen LogP contribution in [0, 0.1) is 5.92 Å². The van der Waals surface area contributed by atoms with E-state index in [0.717, 1.165) is 37.4 Å². The average Bonchev–Trinajstić information content (AvgIpc) is 2.50. The minimum absolute atomic E-state index is 0.166. The van der Waals surface area contributed by atoms with Crippen LogP contribution in [0.25, 0.3) is 0 Å². The van der Waals surface area contributed by atoms with Crippen LogP contribution in [0.1, 0.15) is 24.8 Å². The van der Waals surface area contributed by atoms with Gasteiger partial charge >= 0.3 is 6.09 Å². The fourth-order valence-corrected chi connectivity index (χ4v) is 3.04. The molecule has 0 aromatic heterocycles. The zero-order valence-corrected chi connectivity index (χ0v) is 12.5. The van der Waals surface area contributed by atoms with Gasteiger partial charge in [-0.15, -0.1) is 0 Å². The summed E-state index contributed by atoms with van der Waals surface area (Å²) in [5.74, 6) is 0.753. The van der Waals surface area contributed by atoms with Crippen LogP contribution in [0.5, 0.6) is 0 Å². The predicted octanol–water partition coefficient (Wildman–Crippen LogP) is 2.74. The van der Waals surface area contributed by atoms with E-state index < -0.39 is 0 Å². The molecule has 4 heteroatoms. The highest BCUT2D eigenvalue weighted by Gasteiger charge is 2.26. The molecule has 2 aliphatic heterocycles. The van der Waals surface area contributed by atoms with Gasteiger partial charge in [0, 0.05) is 19.6 Å². The summed E-state index contributed by atoms with van der Waals surface area (Å²) in [4.78, 5) is 16.4. The number of carbonyl (C=O) groups is 1. The average molecular weight is 288 g/mol. The van der Waals surface area contributed by atoms with Gasteiger partial charge in [0.05, 0.1) is 0 Å². The summed E-state index contributed by atoms with van der Waals surface area (Å²) in [5, 5.41) is 0. The third-order valence-electron chi connectivity index (χ3n) is 4.54. The van der Waals surface area contributed by atoms with Crippen LogP contribution in [0.4, 0.5) is 4.79 Å². The molecular formula is C17H24N2O2. The van der Waals surface area contributed by atoms with Crippen LogP contribution >= 0.6 is 0 Å². The number of hydrogen-bond acceptors (Lipinski definition) is 3. The maximum Gasteiger partial charge on any atom is 0.410 e. The van der Waals surface area contributed by atoms with E-state index in [2.05, 4.69) is 4.90 Å². The van der Waals surface area contributed by atoms with E-state index >= 15 is 0 Å². The number of amides is 1. The Morgan fingerprint density at radius 1 is 1.10 bits per heavy atom. The van der Waals surface area contributed by atoms with Gasteiger partial charge in [-0.25, -0.2) is 4.79 Å². The molecule has 0 spiro atoms. The Morgan fingerprint density at radius 2 is 1.81 bits per heavy atom. The first-order valence-electron chi connectivity index (χ1n) is 7.99. The van der Waals surface area contributed by atoms with Crippen molar-refractivity contribution in [1.82, 2.24) is 9.80 Å². The smallest absolute Gasteiger partial charge is 0.410 e. The minimum atomic E-state index is -0.166. The van der Waals surface area contributed by atoms with Crippen LogP contribution in [-0.4, -0.2) is 48.6 Å². The van der Waals surface area contributed by atoms with Crippen molar-refractivity contribution in [3.63, 3.8) is 0 Å². The van der Waals surface area contributed by atoms with Crippen LogP contribution in [0.2, 0.25) is 0 Å². The van der Waals surface area contributed by atoms with E-state index in [4.69, 9.17) is 4.74 Å². The second kappa shape index (κ2) is 6.94. The molecule has 2 saturated heterocycles. The molecule has 114 valence electrons. The first-order valence-corrected chi connectivity index (χ1v) is 7.99. The van der Waals surface area contributed by atoms with E-state index in [1.165, 1.54) is 26.1 Å². The fraction of sp³-hybridized carbons (Fsp3) is 0.588. The summed E-state index contributed by atoms with van der Waals surface area (Å²) < 4.78 is 5.39. The van der Waals surface area contributed by atoms with E-state index in [9.17, 15) is 4.79 Å². The van der Waals surface area contributed by atoms with Gasteiger partial charge in [0.25, 0.3) is 0 Å². The Morgan fingerprint density at radius 3 is 2.43 bits per heavy atom. The monoisotopic (exact) mass is 288 g/mol. The van der Waals surface area contributed by atoms with E-state index in [-0.39, 0.29) is 6.09 Å².